The molecule has 1 amide bonds. The Bertz CT molecular complexity index is 1250. The fourth-order valence-corrected chi connectivity index (χ4v) is 5.88. The molecule has 0 saturated carbocycles. The van der Waals surface area contributed by atoms with E-state index in [9.17, 15) is 13.2 Å². The molecule has 3 rings (SSSR count). The molecule has 0 aliphatic rings. The molecular weight excluding hydrogens is 448 g/mol. The van der Waals surface area contributed by atoms with E-state index in [1.807, 2.05) is 74.5 Å². The number of para-hydroxylation sites is 1. The van der Waals surface area contributed by atoms with Crippen LogP contribution < -0.4 is 10.1 Å². The lowest BCUT2D eigenvalue weighted by Gasteiger charge is -2.24. The average molecular weight is 481 g/mol. The first-order valence-corrected chi connectivity index (χ1v) is 12.6. The molecule has 0 aromatic heterocycles. The van der Waals surface area contributed by atoms with Gasteiger partial charge in [0.2, 0.25) is 15.9 Å². The van der Waals surface area contributed by atoms with Crippen LogP contribution in [-0.4, -0.2) is 32.3 Å². The number of ether oxygens (including phenoxy) is 1. The monoisotopic (exact) mass is 480 g/mol. The lowest BCUT2D eigenvalue weighted by atomic mass is 10.1. The minimum Gasteiger partial charge on any atom is -0.496 e. The van der Waals surface area contributed by atoms with Crippen LogP contribution in [0.1, 0.15) is 33.4 Å². The summed E-state index contributed by atoms with van der Waals surface area (Å²) >= 11 is 0. The van der Waals surface area contributed by atoms with Gasteiger partial charge in [0.15, 0.2) is 0 Å². The predicted octanol–water partition coefficient (Wildman–Crippen LogP) is 4.44. The molecule has 1 N–H and O–H groups in total. The van der Waals surface area contributed by atoms with Crippen molar-refractivity contribution in [1.82, 2.24) is 9.62 Å². The third-order valence-corrected chi connectivity index (χ3v) is 7.77. The number of aryl methyl sites for hydroxylation is 4. The molecule has 34 heavy (non-hydrogen) atoms. The average Bonchev–Trinajstić information content (AvgIpc) is 2.78. The summed E-state index contributed by atoms with van der Waals surface area (Å²) in [6.45, 7) is 7.53. The van der Waals surface area contributed by atoms with Crippen molar-refractivity contribution in [2.75, 3.05) is 13.7 Å². The van der Waals surface area contributed by atoms with E-state index in [0.717, 1.165) is 22.3 Å². The molecule has 3 aromatic carbocycles. The van der Waals surface area contributed by atoms with Crippen LogP contribution in [0.2, 0.25) is 0 Å². The van der Waals surface area contributed by atoms with Crippen molar-refractivity contribution in [3.8, 4) is 5.75 Å². The number of methoxy groups -OCH3 is 1. The second-order valence-corrected chi connectivity index (χ2v) is 10.4. The molecule has 0 bridgehead atoms. The van der Waals surface area contributed by atoms with Gasteiger partial charge in [-0.3, -0.25) is 4.79 Å². The Morgan fingerprint density at radius 1 is 0.912 bits per heavy atom. The highest BCUT2D eigenvalue weighted by Gasteiger charge is 2.30. The van der Waals surface area contributed by atoms with Crippen LogP contribution >= 0.6 is 0 Å². The van der Waals surface area contributed by atoms with Gasteiger partial charge in [-0.05, 0) is 50.5 Å². The smallest absolute Gasteiger partial charge is 0.244 e. The van der Waals surface area contributed by atoms with Crippen LogP contribution in [0.5, 0.6) is 5.75 Å². The van der Waals surface area contributed by atoms with Gasteiger partial charge < -0.3 is 10.1 Å². The van der Waals surface area contributed by atoms with Crippen LogP contribution in [0.4, 0.5) is 0 Å². The van der Waals surface area contributed by atoms with Crippen molar-refractivity contribution in [2.24, 2.45) is 0 Å². The summed E-state index contributed by atoms with van der Waals surface area (Å²) in [6, 6.07) is 18.7. The van der Waals surface area contributed by atoms with Crippen LogP contribution in [0.25, 0.3) is 0 Å². The van der Waals surface area contributed by atoms with E-state index in [4.69, 9.17) is 4.74 Å². The van der Waals surface area contributed by atoms with E-state index in [2.05, 4.69) is 5.32 Å². The van der Waals surface area contributed by atoms with Gasteiger partial charge in [-0.2, -0.15) is 4.31 Å². The van der Waals surface area contributed by atoms with E-state index in [0.29, 0.717) is 16.9 Å². The summed E-state index contributed by atoms with van der Waals surface area (Å²) < 4.78 is 34.2. The van der Waals surface area contributed by atoms with Gasteiger partial charge >= 0.3 is 0 Å². The lowest BCUT2D eigenvalue weighted by molar-refractivity contribution is -0.121. The zero-order valence-electron chi connectivity index (χ0n) is 20.4. The Hall–Kier alpha value is -3.16. The van der Waals surface area contributed by atoms with Crippen molar-refractivity contribution in [1.29, 1.82) is 0 Å². The lowest BCUT2D eigenvalue weighted by Crippen LogP contribution is -2.40. The molecule has 0 spiro atoms. The molecule has 0 fully saturated rings. The summed E-state index contributed by atoms with van der Waals surface area (Å²) in [4.78, 5) is 13.2. The van der Waals surface area contributed by atoms with Crippen molar-refractivity contribution >= 4 is 15.9 Å². The first kappa shape index (κ1) is 25.5. The van der Waals surface area contributed by atoms with Gasteiger partial charge in [0.25, 0.3) is 0 Å². The van der Waals surface area contributed by atoms with Gasteiger partial charge in [0.05, 0.1) is 18.6 Å². The molecule has 0 heterocycles. The number of nitrogens with one attached hydrogen (secondary N) is 1. The predicted molar refractivity (Wildman–Crippen MR) is 134 cm³/mol. The number of hydrogen-bond donors (Lipinski definition) is 1. The van der Waals surface area contributed by atoms with E-state index in [1.54, 1.807) is 21.0 Å². The molecule has 6 nitrogen and oxygen atoms in total. The van der Waals surface area contributed by atoms with E-state index in [1.165, 1.54) is 4.31 Å². The Balaban J connectivity index is 1.89. The third-order valence-electron chi connectivity index (χ3n) is 5.67. The summed E-state index contributed by atoms with van der Waals surface area (Å²) in [5.41, 5.74) is 5.04. The number of amides is 1. The SMILES string of the molecule is COc1ccccc1CNC(=O)CN(Cc1ccc(C)cc1)S(=O)(=O)c1c(C)cc(C)cc1C. The van der Waals surface area contributed by atoms with Gasteiger partial charge in [0.1, 0.15) is 5.75 Å². The fraction of sp³-hybridized carbons (Fsp3) is 0.296. The Labute approximate surface area is 202 Å². The first-order valence-electron chi connectivity index (χ1n) is 11.1. The Morgan fingerprint density at radius 2 is 1.53 bits per heavy atom. The highest BCUT2D eigenvalue weighted by Crippen LogP contribution is 2.26. The second-order valence-electron chi connectivity index (χ2n) is 8.58. The number of sulfonamides is 1. The molecule has 0 atom stereocenters. The maximum Gasteiger partial charge on any atom is 0.244 e. The standard InChI is InChI=1S/C27H32N2O4S/c1-19-10-12-23(13-11-19)17-29(34(31,32)27-21(3)14-20(2)15-22(27)4)18-26(30)28-16-24-8-6-7-9-25(24)33-5/h6-15H,16-18H2,1-5H3,(H,28,30). The summed E-state index contributed by atoms with van der Waals surface area (Å²) in [5, 5.41) is 2.84. The summed E-state index contributed by atoms with van der Waals surface area (Å²) in [7, 11) is -2.36. The van der Waals surface area contributed by atoms with Crippen molar-refractivity contribution in [2.45, 2.75) is 45.7 Å². The molecule has 3 aromatic rings. The maximum absolute atomic E-state index is 13.8. The number of carbonyl (C=O) groups excluding carboxylic acids is 1. The Kier molecular flexibility index (Phi) is 8.12. The normalized spacial score (nSPS) is 11.5. The fourth-order valence-electron chi connectivity index (χ4n) is 4.08. The van der Waals surface area contributed by atoms with Gasteiger partial charge in [-0.15, -0.1) is 0 Å². The molecule has 7 heteroatoms. The van der Waals surface area contributed by atoms with E-state index < -0.39 is 10.0 Å². The van der Waals surface area contributed by atoms with Crippen LogP contribution in [0, 0.1) is 27.7 Å². The van der Waals surface area contributed by atoms with Crippen molar-refractivity contribution in [3.63, 3.8) is 0 Å². The zero-order chi connectivity index (χ0) is 24.9. The highest BCUT2D eigenvalue weighted by atomic mass is 32.2. The largest absolute Gasteiger partial charge is 0.496 e. The minimum absolute atomic E-state index is 0.0947. The Morgan fingerprint density at radius 3 is 2.15 bits per heavy atom. The zero-order valence-corrected chi connectivity index (χ0v) is 21.2. The number of rotatable bonds is 9. The molecule has 0 aliphatic carbocycles. The molecule has 0 unspecified atom stereocenters. The van der Waals surface area contributed by atoms with Gasteiger partial charge in [-0.25, -0.2) is 8.42 Å². The van der Waals surface area contributed by atoms with Crippen LogP contribution in [-0.2, 0) is 27.9 Å². The van der Waals surface area contributed by atoms with Crippen LogP contribution in [0.15, 0.2) is 65.6 Å². The molecular formula is C27H32N2O4S. The molecule has 180 valence electrons. The van der Waals surface area contributed by atoms with E-state index >= 15 is 0 Å². The highest BCUT2D eigenvalue weighted by molar-refractivity contribution is 7.89. The molecule has 0 saturated heterocycles. The summed E-state index contributed by atoms with van der Waals surface area (Å²) in [5.74, 6) is 0.279. The van der Waals surface area contributed by atoms with Crippen LogP contribution in [0.3, 0.4) is 0 Å². The minimum atomic E-state index is -3.93. The number of hydrogen-bond acceptors (Lipinski definition) is 4. The number of benzene rings is 3. The van der Waals surface area contributed by atoms with Crippen molar-refractivity contribution in [3.05, 3.63) is 94.0 Å². The quantitative estimate of drug-likeness (QED) is 0.491. The molecule has 0 aliphatic heterocycles. The van der Waals surface area contributed by atoms with E-state index in [-0.39, 0.29) is 30.4 Å². The maximum atomic E-state index is 13.8. The second kappa shape index (κ2) is 10.8. The first-order chi connectivity index (χ1) is 16.1. The van der Waals surface area contributed by atoms with Gasteiger partial charge in [-0.1, -0.05) is 65.7 Å². The summed E-state index contributed by atoms with van der Waals surface area (Å²) in [6.07, 6.45) is 0. The van der Waals surface area contributed by atoms with Gasteiger partial charge in [0, 0.05) is 18.7 Å². The number of nitrogens with zero attached hydrogens (tertiary/aromatic N) is 1. The molecule has 0 radical (unpaired) electrons. The van der Waals surface area contributed by atoms with Crippen molar-refractivity contribution < 1.29 is 17.9 Å². The number of carbonyl (C=O) groups is 1. The third kappa shape index (κ3) is 6.04. The topological polar surface area (TPSA) is 75.7 Å².